The van der Waals surface area contributed by atoms with Gasteiger partial charge in [-0.2, -0.15) is 0 Å². The van der Waals surface area contributed by atoms with Gasteiger partial charge in [0.15, 0.2) is 0 Å². The van der Waals surface area contributed by atoms with Crippen LogP contribution in [0.4, 0.5) is 0 Å². The third-order valence-electron chi connectivity index (χ3n) is 3.00. The molecule has 0 fully saturated rings. The van der Waals surface area contributed by atoms with Crippen LogP contribution in [-0.2, 0) is 4.79 Å². The van der Waals surface area contributed by atoms with E-state index in [1.807, 2.05) is 0 Å². The number of carbonyl (C=O) groups excluding carboxylic acids is 1. The first-order valence-electron chi connectivity index (χ1n) is 6.49. The Kier molecular flexibility index (Phi) is 8.74. The van der Waals surface area contributed by atoms with Crippen molar-refractivity contribution < 1.29 is 4.79 Å². The van der Waals surface area contributed by atoms with E-state index in [-0.39, 0.29) is 0 Å². The van der Waals surface area contributed by atoms with Gasteiger partial charge in [0.2, 0.25) is 0 Å². The summed E-state index contributed by atoms with van der Waals surface area (Å²) in [6.07, 6.45) is 8.14. The molecule has 0 aromatic rings. The summed E-state index contributed by atoms with van der Waals surface area (Å²) in [6.45, 7) is 9.11. The Balaban J connectivity index is 3.77. The largest absolute Gasteiger partial charge is 0.303 e. The van der Waals surface area contributed by atoms with E-state index in [0.29, 0.717) is 0 Å². The number of rotatable bonds is 9. The third kappa shape index (κ3) is 9.96. The Morgan fingerprint density at radius 1 is 0.800 bits per heavy atom. The minimum atomic E-state index is 0.751. The van der Waals surface area contributed by atoms with Crippen molar-refractivity contribution in [1.29, 1.82) is 0 Å². The maximum absolute atomic E-state index is 10.4. The van der Waals surface area contributed by atoms with Crippen molar-refractivity contribution in [3.05, 3.63) is 0 Å². The average Bonchev–Trinajstić information content (AvgIpc) is 2.16. The molecule has 0 atom stereocenters. The summed E-state index contributed by atoms with van der Waals surface area (Å²) in [5, 5.41) is 0. The zero-order valence-corrected chi connectivity index (χ0v) is 11.0. The lowest BCUT2D eigenvalue weighted by molar-refractivity contribution is -0.108. The van der Waals surface area contributed by atoms with Crippen molar-refractivity contribution >= 4 is 6.29 Å². The van der Waals surface area contributed by atoms with Gasteiger partial charge in [0.05, 0.1) is 0 Å². The van der Waals surface area contributed by atoms with Crippen molar-refractivity contribution in [1.82, 2.24) is 0 Å². The van der Waals surface area contributed by atoms with Gasteiger partial charge in [-0.3, -0.25) is 0 Å². The second-order valence-corrected chi connectivity index (χ2v) is 5.55. The summed E-state index contributed by atoms with van der Waals surface area (Å²) in [6, 6.07) is 0. The van der Waals surface area contributed by atoms with Gasteiger partial charge in [-0.15, -0.1) is 0 Å². The van der Waals surface area contributed by atoms with Gasteiger partial charge < -0.3 is 4.79 Å². The Labute approximate surface area is 95.6 Å². The minimum absolute atomic E-state index is 0.751. The Hall–Kier alpha value is -0.330. The van der Waals surface area contributed by atoms with Crippen molar-refractivity contribution in [2.45, 2.75) is 66.2 Å². The SMILES string of the molecule is CC(C)CCC(CCC=O)CCC(C)C. The van der Waals surface area contributed by atoms with Crippen LogP contribution in [0.15, 0.2) is 0 Å². The van der Waals surface area contributed by atoms with Crippen molar-refractivity contribution in [3.8, 4) is 0 Å². The molecule has 0 N–H and O–H groups in total. The van der Waals surface area contributed by atoms with Crippen LogP contribution in [0.3, 0.4) is 0 Å². The second-order valence-electron chi connectivity index (χ2n) is 5.55. The molecule has 90 valence electrons. The molecule has 1 heteroatoms. The normalized spacial score (nSPS) is 11.7. The van der Waals surface area contributed by atoms with Gasteiger partial charge in [-0.05, 0) is 24.2 Å². The fraction of sp³-hybridized carbons (Fsp3) is 0.929. The summed E-state index contributed by atoms with van der Waals surface area (Å²) in [7, 11) is 0. The van der Waals surface area contributed by atoms with Gasteiger partial charge in [0, 0.05) is 6.42 Å². The van der Waals surface area contributed by atoms with Crippen molar-refractivity contribution in [2.75, 3.05) is 0 Å². The maximum atomic E-state index is 10.4. The van der Waals surface area contributed by atoms with Crippen LogP contribution in [-0.4, -0.2) is 6.29 Å². The fourth-order valence-electron chi connectivity index (χ4n) is 1.87. The number of hydrogen-bond acceptors (Lipinski definition) is 1. The lowest BCUT2D eigenvalue weighted by Gasteiger charge is -2.18. The highest BCUT2D eigenvalue weighted by Gasteiger charge is 2.10. The predicted molar refractivity (Wildman–Crippen MR) is 66.9 cm³/mol. The molecule has 15 heavy (non-hydrogen) atoms. The number of aldehydes is 1. The van der Waals surface area contributed by atoms with Crippen LogP contribution in [0.1, 0.15) is 66.2 Å². The lowest BCUT2D eigenvalue weighted by Crippen LogP contribution is -2.05. The smallest absolute Gasteiger partial charge is 0.120 e. The lowest BCUT2D eigenvalue weighted by atomic mass is 9.88. The number of hydrogen-bond donors (Lipinski definition) is 0. The standard InChI is InChI=1S/C14H28O/c1-12(2)7-9-14(6-5-11-15)10-8-13(3)4/h11-14H,5-10H2,1-4H3. The summed E-state index contributed by atoms with van der Waals surface area (Å²) in [5.74, 6) is 2.37. The molecule has 0 radical (unpaired) electrons. The summed E-state index contributed by atoms with van der Waals surface area (Å²) in [5.41, 5.74) is 0. The van der Waals surface area contributed by atoms with Gasteiger partial charge in [0.25, 0.3) is 0 Å². The second kappa shape index (κ2) is 8.94. The Bertz CT molecular complexity index is 137. The molecule has 0 aliphatic rings. The summed E-state index contributed by atoms with van der Waals surface area (Å²) < 4.78 is 0. The number of carbonyl (C=O) groups is 1. The van der Waals surface area contributed by atoms with E-state index in [0.717, 1.165) is 36.9 Å². The van der Waals surface area contributed by atoms with Crippen molar-refractivity contribution in [2.24, 2.45) is 17.8 Å². The van der Waals surface area contributed by atoms with Gasteiger partial charge in [-0.25, -0.2) is 0 Å². The summed E-state index contributed by atoms with van der Waals surface area (Å²) in [4.78, 5) is 10.4. The molecule has 0 bridgehead atoms. The van der Waals surface area contributed by atoms with E-state index in [4.69, 9.17) is 0 Å². The van der Waals surface area contributed by atoms with Crippen molar-refractivity contribution in [3.63, 3.8) is 0 Å². The van der Waals surface area contributed by atoms with Crippen LogP contribution in [0.5, 0.6) is 0 Å². The van der Waals surface area contributed by atoms with Crippen LogP contribution >= 0.6 is 0 Å². The van der Waals surface area contributed by atoms with Gasteiger partial charge in [-0.1, -0.05) is 53.4 Å². The van der Waals surface area contributed by atoms with Crippen LogP contribution in [0.25, 0.3) is 0 Å². The monoisotopic (exact) mass is 212 g/mol. The zero-order valence-electron chi connectivity index (χ0n) is 11.0. The first-order chi connectivity index (χ1) is 7.06. The molecular weight excluding hydrogens is 184 g/mol. The molecule has 0 rings (SSSR count). The molecule has 0 heterocycles. The summed E-state index contributed by atoms with van der Waals surface area (Å²) >= 11 is 0. The molecule has 0 amide bonds. The molecule has 0 spiro atoms. The first-order valence-corrected chi connectivity index (χ1v) is 6.49. The van der Waals surface area contributed by atoms with E-state index in [2.05, 4.69) is 27.7 Å². The molecule has 0 saturated carbocycles. The molecule has 0 aromatic carbocycles. The Morgan fingerprint density at radius 2 is 1.27 bits per heavy atom. The highest BCUT2D eigenvalue weighted by molar-refractivity contribution is 5.49. The van der Waals surface area contributed by atoms with E-state index < -0.39 is 0 Å². The zero-order chi connectivity index (χ0) is 11.7. The highest BCUT2D eigenvalue weighted by atomic mass is 16.1. The quantitative estimate of drug-likeness (QED) is 0.516. The molecule has 0 aromatic heterocycles. The fourth-order valence-corrected chi connectivity index (χ4v) is 1.87. The first kappa shape index (κ1) is 14.7. The van der Waals surface area contributed by atoms with E-state index >= 15 is 0 Å². The minimum Gasteiger partial charge on any atom is -0.303 e. The van der Waals surface area contributed by atoms with Gasteiger partial charge >= 0.3 is 0 Å². The molecule has 0 aliphatic heterocycles. The van der Waals surface area contributed by atoms with Crippen LogP contribution in [0, 0.1) is 17.8 Å². The molecule has 0 aliphatic carbocycles. The molecule has 0 unspecified atom stereocenters. The van der Waals surface area contributed by atoms with E-state index in [1.54, 1.807) is 0 Å². The average molecular weight is 212 g/mol. The molecule has 0 saturated heterocycles. The van der Waals surface area contributed by atoms with Gasteiger partial charge in [0.1, 0.15) is 6.29 Å². The van der Waals surface area contributed by atoms with Crippen LogP contribution in [0.2, 0.25) is 0 Å². The third-order valence-corrected chi connectivity index (χ3v) is 3.00. The molecule has 1 nitrogen and oxygen atoms in total. The molecular formula is C14H28O. The highest BCUT2D eigenvalue weighted by Crippen LogP contribution is 2.23. The maximum Gasteiger partial charge on any atom is 0.120 e. The predicted octanol–water partition coefficient (Wildman–Crippen LogP) is 4.45. The van der Waals surface area contributed by atoms with E-state index in [9.17, 15) is 4.79 Å². The topological polar surface area (TPSA) is 17.1 Å². The van der Waals surface area contributed by atoms with Crippen LogP contribution < -0.4 is 0 Å². The van der Waals surface area contributed by atoms with E-state index in [1.165, 1.54) is 25.7 Å². The Morgan fingerprint density at radius 3 is 1.60 bits per heavy atom.